The highest BCUT2D eigenvalue weighted by Gasteiger charge is 2.31. The van der Waals surface area contributed by atoms with Crippen molar-refractivity contribution in [2.75, 3.05) is 18.1 Å². The van der Waals surface area contributed by atoms with Gasteiger partial charge in [-0.25, -0.2) is 4.79 Å². The van der Waals surface area contributed by atoms with Gasteiger partial charge in [0.15, 0.2) is 6.10 Å². The largest absolute Gasteiger partial charge is 0.494 e. The summed E-state index contributed by atoms with van der Waals surface area (Å²) < 4.78 is 11.3. The number of nitrogens with zero attached hydrogens (tertiary/aromatic N) is 1. The van der Waals surface area contributed by atoms with E-state index in [1.54, 1.807) is 17.9 Å². The van der Waals surface area contributed by atoms with Crippen LogP contribution in [0.4, 0.5) is 5.69 Å². The number of fused-ring (bicyclic) bond motifs is 1. The summed E-state index contributed by atoms with van der Waals surface area (Å²) in [7, 11) is 0. The zero-order chi connectivity index (χ0) is 18.7. The minimum Gasteiger partial charge on any atom is -0.494 e. The molecule has 6 heteroatoms. The number of carbonyl (C=O) groups is 2. The number of anilines is 1. The van der Waals surface area contributed by atoms with Gasteiger partial charge >= 0.3 is 5.97 Å². The summed E-state index contributed by atoms with van der Waals surface area (Å²) in [5, 5.41) is 9.12. The molecule has 0 radical (unpaired) electrons. The predicted molar refractivity (Wildman–Crippen MR) is 97.1 cm³/mol. The number of rotatable bonds is 6. The zero-order valence-corrected chi connectivity index (χ0v) is 14.8. The standard InChI is InChI=1S/C20H21NO5/c1-13-4-7-16(8-5-13)25-11-3-10-21-17-9-6-15(20(23)24)12-18(17)26-14(2)19(21)22/h4-9,12,14H,3,10-11H2,1-2H3,(H,23,24). The van der Waals surface area contributed by atoms with Crippen LogP contribution in [-0.4, -0.2) is 36.2 Å². The van der Waals surface area contributed by atoms with Crippen LogP contribution in [0.25, 0.3) is 0 Å². The van der Waals surface area contributed by atoms with Crippen LogP contribution in [0.1, 0.15) is 29.3 Å². The van der Waals surface area contributed by atoms with E-state index in [1.165, 1.54) is 17.7 Å². The highest BCUT2D eigenvalue weighted by atomic mass is 16.5. The SMILES string of the molecule is Cc1ccc(OCCCN2C(=O)C(C)Oc3cc(C(=O)O)ccc32)cc1. The van der Waals surface area contributed by atoms with Crippen molar-refractivity contribution >= 4 is 17.6 Å². The van der Waals surface area contributed by atoms with Gasteiger partial charge in [0.1, 0.15) is 11.5 Å². The van der Waals surface area contributed by atoms with Gasteiger partial charge < -0.3 is 19.5 Å². The van der Waals surface area contributed by atoms with Gasteiger partial charge in [0.05, 0.1) is 17.9 Å². The summed E-state index contributed by atoms with van der Waals surface area (Å²) >= 11 is 0. The molecule has 3 rings (SSSR count). The lowest BCUT2D eigenvalue weighted by atomic mass is 10.1. The number of carbonyl (C=O) groups excluding carboxylic acids is 1. The Hall–Kier alpha value is -3.02. The van der Waals surface area contributed by atoms with Crippen molar-refractivity contribution in [3.8, 4) is 11.5 Å². The molecule has 1 atom stereocenters. The third-order valence-corrected chi connectivity index (χ3v) is 4.23. The van der Waals surface area contributed by atoms with Crippen molar-refractivity contribution in [2.45, 2.75) is 26.4 Å². The number of hydrogen-bond donors (Lipinski definition) is 1. The molecule has 1 aliphatic heterocycles. The molecule has 0 bridgehead atoms. The number of aryl methyl sites for hydroxylation is 1. The van der Waals surface area contributed by atoms with Gasteiger partial charge in [-0.05, 0) is 50.6 Å². The van der Waals surface area contributed by atoms with Crippen LogP contribution in [0.3, 0.4) is 0 Å². The minimum absolute atomic E-state index is 0.132. The van der Waals surface area contributed by atoms with Crippen LogP contribution in [0, 0.1) is 6.92 Å². The van der Waals surface area contributed by atoms with Crippen molar-refractivity contribution in [2.24, 2.45) is 0 Å². The summed E-state index contributed by atoms with van der Waals surface area (Å²) in [6.07, 6.45) is -0.00326. The second kappa shape index (κ2) is 7.47. The van der Waals surface area contributed by atoms with Crippen LogP contribution < -0.4 is 14.4 Å². The number of carboxylic acids is 1. The Labute approximate surface area is 152 Å². The third-order valence-electron chi connectivity index (χ3n) is 4.23. The highest BCUT2D eigenvalue weighted by Crippen LogP contribution is 2.35. The van der Waals surface area contributed by atoms with Crippen molar-refractivity contribution in [1.29, 1.82) is 0 Å². The molecule has 0 spiro atoms. The molecule has 0 aromatic heterocycles. The average molecular weight is 355 g/mol. The Morgan fingerprint density at radius 2 is 1.96 bits per heavy atom. The number of ether oxygens (including phenoxy) is 2. The number of hydrogen-bond acceptors (Lipinski definition) is 4. The van der Waals surface area contributed by atoms with E-state index in [1.807, 2.05) is 31.2 Å². The first-order chi connectivity index (χ1) is 12.5. The van der Waals surface area contributed by atoms with E-state index in [-0.39, 0.29) is 11.5 Å². The summed E-state index contributed by atoms with van der Waals surface area (Å²) in [5.74, 6) is 0.0372. The predicted octanol–water partition coefficient (Wildman–Crippen LogP) is 3.28. The molecule has 0 saturated heterocycles. The van der Waals surface area contributed by atoms with Gasteiger partial charge in [-0.15, -0.1) is 0 Å². The summed E-state index contributed by atoms with van der Waals surface area (Å²) in [5.41, 5.74) is 1.89. The maximum absolute atomic E-state index is 12.5. The van der Waals surface area contributed by atoms with Crippen molar-refractivity contribution < 1.29 is 24.2 Å². The normalized spacial score (nSPS) is 16.0. The van der Waals surface area contributed by atoms with E-state index in [0.717, 1.165) is 5.75 Å². The Bertz CT molecular complexity index is 815. The number of benzene rings is 2. The average Bonchev–Trinajstić information content (AvgIpc) is 2.62. The Morgan fingerprint density at radius 3 is 2.65 bits per heavy atom. The lowest BCUT2D eigenvalue weighted by Gasteiger charge is -2.33. The molecule has 6 nitrogen and oxygen atoms in total. The van der Waals surface area contributed by atoms with E-state index in [9.17, 15) is 9.59 Å². The first kappa shape index (κ1) is 17.8. The van der Waals surface area contributed by atoms with Crippen LogP contribution in [0.2, 0.25) is 0 Å². The van der Waals surface area contributed by atoms with Crippen LogP contribution in [0.5, 0.6) is 11.5 Å². The number of carboxylic acid groups (broad SMARTS) is 1. The fourth-order valence-corrected chi connectivity index (χ4v) is 2.82. The summed E-state index contributed by atoms with van der Waals surface area (Å²) in [6.45, 7) is 4.62. The van der Waals surface area contributed by atoms with E-state index in [4.69, 9.17) is 14.6 Å². The first-order valence-corrected chi connectivity index (χ1v) is 8.50. The van der Waals surface area contributed by atoms with Crippen LogP contribution in [-0.2, 0) is 4.79 Å². The highest BCUT2D eigenvalue weighted by molar-refractivity contribution is 6.00. The molecule has 136 valence electrons. The fraction of sp³-hybridized carbons (Fsp3) is 0.300. The zero-order valence-electron chi connectivity index (χ0n) is 14.8. The Kier molecular flexibility index (Phi) is 5.11. The second-order valence-corrected chi connectivity index (χ2v) is 6.25. The van der Waals surface area contributed by atoms with Gasteiger partial charge in [-0.3, -0.25) is 4.79 Å². The number of amides is 1. The molecule has 1 aliphatic rings. The second-order valence-electron chi connectivity index (χ2n) is 6.25. The van der Waals surface area contributed by atoms with Crippen molar-refractivity contribution in [1.82, 2.24) is 0 Å². The summed E-state index contributed by atoms with van der Waals surface area (Å²) in [6, 6.07) is 12.3. The van der Waals surface area contributed by atoms with Crippen molar-refractivity contribution in [3.63, 3.8) is 0 Å². The molecule has 0 saturated carbocycles. The Balaban J connectivity index is 1.66. The van der Waals surface area contributed by atoms with E-state index < -0.39 is 12.1 Å². The van der Waals surface area contributed by atoms with Crippen molar-refractivity contribution in [3.05, 3.63) is 53.6 Å². The van der Waals surface area contributed by atoms with Gasteiger partial charge in [-0.2, -0.15) is 0 Å². The van der Waals surface area contributed by atoms with E-state index >= 15 is 0 Å². The van der Waals surface area contributed by atoms with Gasteiger partial charge in [-0.1, -0.05) is 17.7 Å². The maximum atomic E-state index is 12.5. The maximum Gasteiger partial charge on any atom is 0.335 e. The molecule has 1 amide bonds. The smallest absolute Gasteiger partial charge is 0.335 e. The molecule has 0 aliphatic carbocycles. The lowest BCUT2D eigenvalue weighted by molar-refractivity contribution is -0.125. The quantitative estimate of drug-likeness (QED) is 0.805. The Morgan fingerprint density at radius 1 is 1.23 bits per heavy atom. The molecule has 2 aromatic rings. The minimum atomic E-state index is -1.03. The summed E-state index contributed by atoms with van der Waals surface area (Å²) in [4.78, 5) is 25.2. The molecule has 1 heterocycles. The fourth-order valence-electron chi connectivity index (χ4n) is 2.82. The topological polar surface area (TPSA) is 76.1 Å². The van der Waals surface area contributed by atoms with E-state index in [2.05, 4.69) is 0 Å². The van der Waals surface area contributed by atoms with Crippen LogP contribution >= 0.6 is 0 Å². The third kappa shape index (κ3) is 3.79. The van der Waals surface area contributed by atoms with E-state index in [0.29, 0.717) is 31.0 Å². The lowest BCUT2D eigenvalue weighted by Crippen LogP contribution is -2.45. The first-order valence-electron chi connectivity index (χ1n) is 8.50. The number of aromatic carboxylic acids is 1. The molecular weight excluding hydrogens is 334 g/mol. The molecule has 0 fully saturated rings. The molecule has 26 heavy (non-hydrogen) atoms. The van der Waals surface area contributed by atoms with Crippen LogP contribution in [0.15, 0.2) is 42.5 Å². The monoisotopic (exact) mass is 355 g/mol. The van der Waals surface area contributed by atoms with Gasteiger partial charge in [0.25, 0.3) is 5.91 Å². The molecule has 2 aromatic carbocycles. The van der Waals surface area contributed by atoms with Gasteiger partial charge in [0.2, 0.25) is 0 Å². The molecule has 1 N–H and O–H groups in total. The van der Waals surface area contributed by atoms with Gasteiger partial charge in [0, 0.05) is 6.54 Å². The molecular formula is C20H21NO5. The molecule has 1 unspecified atom stereocenters.